The van der Waals surface area contributed by atoms with Crippen molar-refractivity contribution in [3.8, 4) is 0 Å². The molecule has 0 saturated heterocycles. The van der Waals surface area contributed by atoms with Gasteiger partial charge >= 0.3 is 11.8 Å². The van der Waals surface area contributed by atoms with Crippen molar-refractivity contribution in [1.29, 1.82) is 0 Å². The lowest BCUT2D eigenvalue weighted by Crippen LogP contribution is -2.32. The van der Waals surface area contributed by atoms with E-state index in [1.165, 1.54) is 18.2 Å². The van der Waals surface area contributed by atoms with E-state index in [1.807, 2.05) is 31.4 Å². The Morgan fingerprint density at radius 1 is 1.12 bits per heavy atom. The highest BCUT2D eigenvalue weighted by molar-refractivity contribution is 6.39. The Bertz CT molecular complexity index is 861. The van der Waals surface area contributed by atoms with E-state index in [2.05, 4.69) is 10.4 Å². The lowest BCUT2D eigenvalue weighted by Gasteiger charge is -2.08. The molecule has 2 rings (SSSR count). The fourth-order valence-electron chi connectivity index (χ4n) is 2.11. The SMILES string of the molecule is Cc1ccc(NC(=O)C(=O)N/N=C/c2ccccc2[N+](=O)[O-])c(C)c1. The number of carbonyl (C=O) groups is 2. The van der Waals surface area contributed by atoms with Crippen LogP contribution in [0.1, 0.15) is 16.7 Å². The average Bonchev–Trinajstić information content (AvgIpc) is 2.57. The molecular weight excluding hydrogens is 324 g/mol. The molecule has 8 heteroatoms. The summed E-state index contributed by atoms with van der Waals surface area (Å²) in [5, 5.41) is 17.0. The summed E-state index contributed by atoms with van der Waals surface area (Å²) in [5.41, 5.74) is 4.48. The van der Waals surface area contributed by atoms with Crippen LogP contribution in [0.5, 0.6) is 0 Å². The highest BCUT2D eigenvalue weighted by Crippen LogP contribution is 2.16. The van der Waals surface area contributed by atoms with Gasteiger partial charge in [-0.3, -0.25) is 19.7 Å². The number of nitro groups is 1. The first kappa shape index (κ1) is 17.8. The number of nitrogens with one attached hydrogen (secondary N) is 2. The Labute approximate surface area is 143 Å². The quantitative estimate of drug-likeness (QED) is 0.385. The number of nitro benzene ring substituents is 1. The molecule has 0 fully saturated rings. The standard InChI is InChI=1S/C17H16N4O4/c1-11-7-8-14(12(2)9-11)19-16(22)17(23)20-18-10-13-5-3-4-6-15(13)21(24)25/h3-10H,1-2H3,(H,19,22)(H,20,23)/b18-10+. The van der Waals surface area contributed by atoms with Gasteiger partial charge < -0.3 is 5.32 Å². The van der Waals surface area contributed by atoms with Gasteiger partial charge in [0, 0.05) is 11.8 Å². The van der Waals surface area contributed by atoms with Crippen LogP contribution in [0.2, 0.25) is 0 Å². The molecule has 0 saturated carbocycles. The summed E-state index contributed by atoms with van der Waals surface area (Å²) in [7, 11) is 0. The van der Waals surface area contributed by atoms with Crippen LogP contribution in [0.4, 0.5) is 11.4 Å². The number of aryl methyl sites for hydroxylation is 2. The number of para-hydroxylation sites is 1. The van der Waals surface area contributed by atoms with E-state index in [9.17, 15) is 19.7 Å². The van der Waals surface area contributed by atoms with Crippen molar-refractivity contribution in [2.45, 2.75) is 13.8 Å². The van der Waals surface area contributed by atoms with Crippen molar-refractivity contribution in [1.82, 2.24) is 5.43 Å². The summed E-state index contributed by atoms with van der Waals surface area (Å²) in [6.07, 6.45) is 1.11. The molecule has 0 bridgehead atoms. The number of carbonyl (C=O) groups excluding carboxylic acids is 2. The molecule has 0 heterocycles. The number of hydrogen-bond acceptors (Lipinski definition) is 5. The number of rotatable bonds is 4. The Hall–Kier alpha value is -3.55. The maximum atomic E-state index is 11.9. The van der Waals surface area contributed by atoms with Gasteiger partial charge in [0.2, 0.25) is 0 Å². The van der Waals surface area contributed by atoms with Crippen molar-refractivity contribution in [2.75, 3.05) is 5.32 Å². The topological polar surface area (TPSA) is 114 Å². The second-order valence-electron chi connectivity index (χ2n) is 5.29. The largest absolute Gasteiger partial charge is 0.329 e. The van der Waals surface area contributed by atoms with Crippen molar-refractivity contribution in [3.05, 3.63) is 69.3 Å². The van der Waals surface area contributed by atoms with Crippen LogP contribution in [-0.4, -0.2) is 23.0 Å². The molecule has 0 atom stereocenters. The molecule has 0 aliphatic carbocycles. The van der Waals surface area contributed by atoms with E-state index in [1.54, 1.807) is 12.1 Å². The minimum Gasteiger partial charge on any atom is -0.317 e. The average molecular weight is 340 g/mol. The summed E-state index contributed by atoms with van der Waals surface area (Å²) >= 11 is 0. The number of nitrogens with zero attached hydrogens (tertiary/aromatic N) is 2. The lowest BCUT2D eigenvalue weighted by molar-refractivity contribution is -0.385. The number of hydrazone groups is 1. The van der Waals surface area contributed by atoms with Crippen LogP contribution in [-0.2, 0) is 9.59 Å². The molecule has 8 nitrogen and oxygen atoms in total. The molecule has 0 spiro atoms. The molecule has 2 amide bonds. The summed E-state index contributed by atoms with van der Waals surface area (Å²) < 4.78 is 0. The molecule has 25 heavy (non-hydrogen) atoms. The first-order valence-corrected chi connectivity index (χ1v) is 7.33. The molecule has 0 aromatic heterocycles. The van der Waals surface area contributed by atoms with Crippen LogP contribution in [0.3, 0.4) is 0 Å². The van der Waals surface area contributed by atoms with E-state index in [0.717, 1.165) is 17.3 Å². The number of anilines is 1. The van der Waals surface area contributed by atoms with Crippen molar-refractivity contribution in [2.24, 2.45) is 5.10 Å². The van der Waals surface area contributed by atoms with Gasteiger partial charge in [0.15, 0.2) is 0 Å². The van der Waals surface area contributed by atoms with E-state index >= 15 is 0 Å². The van der Waals surface area contributed by atoms with Gasteiger partial charge in [-0.1, -0.05) is 29.8 Å². The maximum absolute atomic E-state index is 11.9. The maximum Gasteiger partial charge on any atom is 0.329 e. The van der Waals surface area contributed by atoms with E-state index in [4.69, 9.17) is 0 Å². The fourth-order valence-corrected chi connectivity index (χ4v) is 2.11. The predicted octanol–water partition coefficient (Wildman–Crippen LogP) is 2.30. The van der Waals surface area contributed by atoms with Gasteiger partial charge in [-0.25, -0.2) is 5.43 Å². The molecule has 2 aromatic rings. The molecule has 0 aliphatic heterocycles. The molecule has 0 unspecified atom stereocenters. The normalized spacial score (nSPS) is 10.5. The van der Waals surface area contributed by atoms with Crippen LogP contribution >= 0.6 is 0 Å². The van der Waals surface area contributed by atoms with E-state index in [0.29, 0.717) is 5.69 Å². The molecule has 0 aliphatic rings. The molecule has 2 aromatic carbocycles. The Morgan fingerprint density at radius 3 is 2.52 bits per heavy atom. The van der Waals surface area contributed by atoms with Gasteiger partial charge in [0.05, 0.1) is 16.7 Å². The predicted molar refractivity (Wildman–Crippen MR) is 93.4 cm³/mol. The fraction of sp³-hybridized carbons (Fsp3) is 0.118. The number of amides is 2. The van der Waals surface area contributed by atoms with E-state index in [-0.39, 0.29) is 11.3 Å². The third-order valence-electron chi connectivity index (χ3n) is 3.34. The van der Waals surface area contributed by atoms with Crippen molar-refractivity contribution < 1.29 is 14.5 Å². The van der Waals surface area contributed by atoms with Gasteiger partial charge in [-0.15, -0.1) is 0 Å². The second-order valence-corrected chi connectivity index (χ2v) is 5.29. The van der Waals surface area contributed by atoms with E-state index < -0.39 is 16.7 Å². The third-order valence-corrected chi connectivity index (χ3v) is 3.34. The zero-order chi connectivity index (χ0) is 18.4. The summed E-state index contributed by atoms with van der Waals surface area (Å²) in [5.74, 6) is -1.86. The number of hydrogen-bond donors (Lipinski definition) is 2. The molecular formula is C17H16N4O4. The Kier molecular flexibility index (Phi) is 5.57. The van der Waals surface area contributed by atoms with Crippen LogP contribution in [0.25, 0.3) is 0 Å². The van der Waals surface area contributed by atoms with Crippen molar-refractivity contribution in [3.63, 3.8) is 0 Å². The smallest absolute Gasteiger partial charge is 0.317 e. The number of benzene rings is 2. The van der Waals surface area contributed by atoms with Crippen LogP contribution in [0, 0.1) is 24.0 Å². The monoisotopic (exact) mass is 340 g/mol. The van der Waals surface area contributed by atoms with Crippen molar-refractivity contribution >= 4 is 29.4 Å². The summed E-state index contributed by atoms with van der Waals surface area (Å²) in [6.45, 7) is 3.73. The molecule has 128 valence electrons. The minimum atomic E-state index is -0.977. The first-order chi connectivity index (χ1) is 11.9. The zero-order valence-electron chi connectivity index (χ0n) is 13.6. The second kappa shape index (κ2) is 7.82. The summed E-state index contributed by atoms with van der Waals surface area (Å²) in [4.78, 5) is 33.9. The zero-order valence-corrected chi connectivity index (χ0v) is 13.6. The highest BCUT2D eigenvalue weighted by atomic mass is 16.6. The Balaban J connectivity index is 2.00. The highest BCUT2D eigenvalue weighted by Gasteiger charge is 2.14. The van der Waals surface area contributed by atoms with Gasteiger partial charge in [-0.05, 0) is 31.5 Å². The molecule has 0 radical (unpaired) electrons. The van der Waals surface area contributed by atoms with Gasteiger partial charge in [0.25, 0.3) is 5.69 Å². The van der Waals surface area contributed by atoms with Crippen LogP contribution < -0.4 is 10.7 Å². The minimum absolute atomic E-state index is 0.153. The van der Waals surface area contributed by atoms with Gasteiger partial charge in [-0.2, -0.15) is 5.10 Å². The first-order valence-electron chi connectivity index (χ1n) is 7.33. The Morgan fingerprint density at radius 2 is 1.84 bits per heavy atom. The lowest BCUT2D eigenvalue weighted by atomic mass is 10.1. The summed E-state index contributed by atoms with van der Waals surface area (Å²) in [6, 6.07) is 11.3. The molecule has 2 N–H and O–H groups in total. The van der Waals surface area contributed by atoms with Gasteiger partial charge in [0.1, 0.15) is 0 Å². The van der Waals surface area contributed by atoms with Crippen LogP contribution in [0.15, 0.2) is 47.6 Å². The third kappa shape index (κ3) is 4.71.